The van der Waals surface area contributed by atoms with Crippen LogP contribution in [0.5, 0.6) is 5.75 Å². The predicted molar refractivity (Wildman–Crippen MR) is 63.2 cm³/mol. The highest BCUT2D eigenvalue weighted by Gasteiger charge is 2.20. The molecular formula is C13H12F2N2O. The van der Waals surface area contributed by atoms with Crippen LogP contribution >= 0.6 is 0 Å². The smallest absolute Gasteiger partial charge is 0.142 e. The van der Waals surface area contributed by atoms with Crippen LogP contribution in [0.15, 0.2) is 36.7 Å². The highest BCUT2D eigenvalue weighted by Crippen LogP contribution is 2.30. The molecule has 18 heavy (non-hydrogen) atoms. The first-order valence-electron chi connectivity index (χ1n) is 5.32. The van der Waals surface area contributed by atoms with Crippen LogP contribution in [0, 0.1) is 11.6 Å². The van der Waals surface area contributed by atoms with Gasteiger partial charge in [0.2, 0.25) is 0 Å². The zero-order chi connectivity index (χ0) is 13.1. The third-order valence-electron chi connectivity index (χ3n) is 2.68. The number of benzene rings is 1. The Balaban J connectivity index is 2.51. The van der Waals surface area contributed by atoms with E-state index in [1.54, 1.807) is 6.07 Å². The summed E-state index contributed by atoms with van der Waals surface area (Å²) in [5, 5.41) is 0. The fourth-order valence-electron chi connectivity index (χ4n) is 1.78. The second-order valence-corrected chi connectivity index (χ2v) is 3.73. The van der Waals surface area contributed by atoms with E-state index in [2.05, 4.69) is 4.98 Å². The lowest BCUT2D eigenvalue weighted by molar-refractivity contribution is 0.404. The summed E-state index contributed by atoms with van der Waals surface area (Å²) in [5.41, 5.74) is 6.21. The fraction of sp³-hybridized carbons (Fsp3) is 0.154. The number of hydrogen-bond donors (Lipinski definition) is 1. The molecule has 94 valence electrons. The standard InChI is InChI=1S/C13H12F2N2O/c1-18-11-7-17-6-5-8(11)13(16)12-9(14)3-2-4-10(12)15/h2-7,13H,16H2,1H3. The van der Waals surface area contributed by atoms with E-state index in [-0.39, 0.29) is 5.56 Å². The van der Waals surface area contributed by atoms with E-state index in [4.69, 9.17) is 10.5 Å². The summed E-state index contributed by atoms with van der Waals surface area (Å²) in [7, 11) is 1.45. The Hall–Kier alpha value is -2.01. The van der Waals surface area contributed by atoms with E-state index in [0.29, 0.717) is 11.3 Å². The minimum atomic E-state index is -0.941. The summed E-state index contributed by atoms with van der Waals surface area (Å²) >= 11 is 0. The first kappa shape index (κ1) is 12.4. The molecule has 0 bridgehead atoms. The molecule has 1 heterocycles. The molecule has 1 atom stereocenters. The van der Waals surface area contributed by atoms with E-state index >= 15 is 0 Å². The first-order valence-corrected chi connectivity index (χ1v) is 5.32. The van der Waals surface area contributed by atoms with Gasteiger partial charge in [-0.15, -0.1) is 0 Å². The van der Waals surface area contributed by atoms with Crippen LogP contribution in [0.2, 0.25) is 0 Å². The van der Waals surface area contributed by atoms with Crippen molar-refractivity contribution in [3.8, 4) is 5.75 Å². The van der Waals surface area contributed by atoms with Crippen molar-refractivity contribution in [2.24, 2.45) is 5.73 Å². The molecule has 0 saturated heterocycles. The van der Waals surface area contributed by atoms with Gasteiger partial charge >= 0.3 is 0 Å². The molecule has 0 aliphatic carbocycles. The van der Waals surface area contributed by atoms with Gasteiger partial charge in [0.25, 0.3) is 0 Å². The molecule has 0 saturated carbocycles. The largest absolute Gasteiger partial charge is 0.495 e. The van der Waals surface area contributed by atoms with Crippen LogP contribution in [0.3, 0.4) is 0 Å². The highest BCUT2D eigenvalue weighted by atomic mass is 19.1. The van der Waals surface area contributed by atoms with Gasteiger partial charge in [0, 0.05) is 17.3 Å². The summed E-state index contributed by atoms with van der Waals surface area (Å²) in [6, 6.07) is 4.28. The summed E-state index contributed by atoms with van der Waals surface area (Å²) in [6.07, 6.45) is 2.95. The number of aromatic nitrogens is 1. The topological polar surface area (TPSA) is 48.1 Å². The fourth-order valence-corrected chi connectivity index (χ4v) is 1.78. The molecule has 0 aliphatic rings. The minimum absolute atomic E-state index is 0.179. The van der Waals surface area contributed by atoms with Gasteiger partial charge < -0.3 is 10.5 Å². The molecule has 0 spiro atoms. The predicted octanol–water partition coefficient (Wildman–Crippen LogP) is 2.42. The van der Waals surface area contributed by atoms with Crippen molar-refractivity contribution in [2.75, 3.05) is 7.11 Å². The number of nitrogens with zero attached hydrogens (tertiary/aromatic N) is 1. The third kappa shape index (κ3) is 2.17. The average molecular weight is 250 g/mol. The lowest BCUT2D eigenvalue weighted by atomic mass is 9.99. The SMILES string of the molecule is COc1cnccc1C(N)c1c(F)cccc1F. The Labute approximate surface area is 103 Å². The van der Waals surface area contributed by atoms with E-state index in [1.807, 2.05) is 0 Å². The molecular weight excluding hydrogens is 238 g/mol. The maximum absolute atomic E-state index is 13.6. The first-order chi connectivity index (χ1) is 8.65. The Morgan fingerprint density at radius 2 is 1.89 bits per heavy atom. The average Bonchev–Trinajstić information content (AvgIpc) is 2.38. The molecule has 0 amide bonds. The number of halogens is 2. The summed E-state index contributed by atoms with van der Waals surface area (Å²) < 4.78 is 32.4. The molecule has 1 aromatic carbocycles. The van der Waals surface area contributed by atoms with Crippen molar-refractivity contribution in [1.82, 2.24) is 4.98 Å². The summed E-state index contributed by atoms with van der Waals surface area (Å²) in [6.45, 7) is 0. The number of methoxy groups -OCH3 is 1. The van der Waals surface area contributed by atoms with Crippen LogP contribution < -0.4 is 10.5 Å². The Kier molecular flexibility index (Phi) is 3.53. The van der Waals surface area contributed by atoms with Crippen molar-refractivity contribution in [1.29, 1.82) is 0 Å². The van der Waals surface area contributed by atoms with Gasteiger partial charge in [0.1, 0.15) is 17.4 Å². The van der Waals surface area contributed by atoms with Gasteiger partial charge in [-0.05, 0) is 18.2 Å². The highest BCUT2D eigenvalue weighted by molar-refractivity contribution is 5.40. The zero-order valence-electron chi connectivity index (χ0n) is 9.73. The van der Waals surface area contributed by atoms with Crippen molar-refractivity contribution in [3.63, 3.8) is 0 Å². The van der Waals surface area contributed by atoms with Crippen LogP contribution in [0.1, 0.15) is 17.2 Å². The van der Waals surface area contributed by atoms with E-state index < -0.39 is 17.7 Å². The number of ether oxygens (including phenoxy) is 1. The molecule has 1 aromatic heterocycles. The molecule has 1 unspecified atom stereocenters. The van der Waals surface area contributed by atoms with Gasteiger partial charge in [0.15, 0.2) is 0 Å². The lowest BCUT2D eigenvalue weighted by Gasteiger charge is -2.16. The minimum Gasteiger partial charge on any atom is -0.495 e. The van der Waals surface area contributed by atoms with Gasteiger partial charge in [0.05, 0.1) is 19.3 Å². The van der Waals surface area contributed by atoms with Gasteiger partial charge in [-0.25, -0.2) is 8.78 Å². The van der Waals surface area contributed by atoms with E-state index in [1.165, 1.54) is 37.7 Å². The second kappa shape index (κ2) is 5.10. The Morgan fingerprint density at radius 3 is 2.50 bits per heavy atom. The number of pyridine rings is 1. The Morgan fingerprint density at radius 1 is 1.22 bits per heavy atom. The quantitative estimate of drug-likeness (QED) is 0.910. The van der Waals surface area contributed by atoms with Crippen LogP contribution in [0.25, 0.3) is 0 Å². The molecule has 0 aliphatic heterocycles. The number of rotatable bonds is 3. The maximum atomic E-state index is 13.6. The van der Waals surface area contributed by atoms with Crippen molar-refractivity contribution >= 4 is 0 Å². The van der Waals surface area contributed by atoms with Crippen LogP contribution in [-0.2, 0) is 0 Å². The zero-order valence-corrected chi connectivity index (χ0v) is 9.73. The van der Waals surface area contributed by atoms with E-state index in [9.17, 15) is 8.78 Å². The molecule has 5 heteroatoms. The van der Waals surface area contributed by atoms with Gasteiger partial charge in [-0.1, -0.05) is 6.07 Å². The normalized spacial score (nSPS) is 12.2. The van der Waals surface area contributed by atoms with Crippen LogP contribution in [0.4, 0.5) is 8.78 Å². The van der Waals surface area contributed by atoms with E-state index in [0.717, 1.165) is 0 Å². The van der Waals surface area contributed by atoms with Crippen LogP contribution in [-0.4, -0.2) is 12.1 Å². The van der Waals surface area contributed by atoms with Gasteiger partial charge in [-0.2, -0.15) is 0 Å². The van der Waals surface area contributed by atoms with Crippen molar-refractivity contribution in [2.45, 2.75) is 6.04 Å². The van der Waals surface area contributed by atoms with Crippen molar-refractivity contribution in [3.05, 3.63) is 59.4 Å². The molecule has 2 N–H and O–H groups in total. The maximum Gasteiger partial charge on any atom is 0.142 e. The number of hydrogen-bond acceptors (Lipinski definition) is 3. The molecule has 0 radical (unpaired) electrons. The molecule has 3 nitrogen and oxygen atoms in total. The second-order valence-electron chi connectivity index (χ2n) is 3.73. The van der Waals surface area contributed by atoms with Gasteiger partial charge in [-0.3, -0.25) is 4.98 Å². The monoisotopic (exact) mass is 250 g/mol. The molecule has 2 aromatic rings. The third-order valence-corrected chi connectivity index (χ3v) is 2.68. The summed E-state index contributed by atoms with van der Waals surface area (Å²) in [5.74, 6) is -0.963. The Bertz CT molecular complexity index is 540. The summed E-state index contributed by atoms with van der Waals surface area (Å²) in [4.78, 5) is 3.87. The number of nitrogens with two attached hydrogens (primary N) is 1. The van der Waals surface area contributed by atoms with Crippen molar-refractivity contribution < 1.29 is 13.5 Å². The molecule has 0 fully saturated rings. The lowest BCUT2D eigenvalue weighted by Crippen LogP contribution is -2.16. The molecule has 2 rings (SSSR count).